The number of aromatic amines is 1. The predicted octanol–water partition coefficient (Wildman–Crippen LogP) is 0.262. The Morgan fingerprint density at radius 1 is 1.47 bits per heavy atom. The third-order valence-corrected chi connectivity index (χ3v) is 3.05. The number of hydrogen-bond donors (Lipinski definition) is 2. The second-order valence-electron chi connectivity index (χ2n) is 4.12. The van der Waals surface area contributed by atoms with Gasteiger partial charge in [-0.2, -0.15) is 0 Å². The van der Waals surface area contributed by atoms with Crippen molar-refractivity contribution in [3.8, 4) is 0 Å². The van der Waals surface area contributed by atoms with Gasteiger partial charge in [-0.05, 0) is 0 Å². The van der Waals surface area contributed by atoms with Crippen LogP contribution in [-0.4, -0.2) is 50.4 Å². The largest absolute Gasteiger partial charge is 0.394 e. The van der Waals surface area contributed by atoms with Gasteiger partial charge in [0.05, 0.1) is 25.5 Å². The Balaban J connectivity index is 2.05. The van der Waals surface area contributed by atoms with Crippen molar-refractivity contribution in [1.82, 2.24) is 19.9 Å². The highest BCUT2D eigenvalue weighted by atomic mass is 19.1. The fourth-order valence-corrected chi connectivity index (χ4v) is 2.26. The van der Waals surface area contributed by atoms with Gasteiger partial charge < -0.3 is 15.0 Å². The number of halogens is 1. The summed E-state index contributed by atoms with van der Waals surface area (Å²) in [5, 5.41) is 9.26. The Morgan fingerprint density at radius 3 is 3.18 bits per heavy atom. The van der Waals surface area contributed by atoms with Crippen LogP contribution >= 0.6 is 0 Å². The van der Waals surface area contributed by atoms with Crippen molar-refractivity contribution in [2.45, 2.75) is 18.6 Å². The summed E-state index contributed by atoms with van der Waals surface area (Å²) in [7, 11) is 0. The molecule has 0 amide bonds. The second-order valence-corrected chi connectivity index (χ2v) is 4.12. The monoisotopic (exact) mass is 237 g/mol. The van der Waals surface area contributed by atoms with Crippen molar-refractivity contribution in [2.75, 3.05) is 18.1 Å². The molecular formula is C10H12FN5O. The second kappa shape index (κ2) is 3.92. The van der Waals surface area contributed by atoms with E-state index in [0.717, 1.165) is 0 Å². The van der Waals surface area contributed by atoms with E-state index >= 15 is 0 Å². The lowest BCUT2D eigenvalue weighted by Crippen LogP contribution is -2.33. The minimum atomic E-state index is -0.930. The average molecular weight is 237 g/mol. The minimum Gasteiger partial charge on any atom is -0.394 e. The normalized spacial score (nSPS) is 24.7. The van der Waals surface area contributed by atoms with Crippen LogP contribution in [0.3, 0.4) is 0 Å². The molecule has 1 aliphatic rings. The quantitative estimate of drug-likeness (QED) is 0.783. The highest BCUT2D eigenvalue weighted by Crippen LogP contribution is 2.28. The zero-order valence-electron chi connectivity index (χ0n) is 9.04. The van der Waals surface area contributed by atoms with Gasteiger partial charge in [0.2, 0.25) is 0 Å². The highest BCUT2D eigenvalue weighted by molar-refractivity contribution is 5.83. The average Bonchev–Trinajstić information content (AvgIpc) is 2.93. The zero-order valence-corrected chi connectivity index (χ0v) is 9.04. The SMILES string of the molecule is OC[C@@H]1C[C@H](F)CN1c1ncnc2nc[nH]c12. The molecule has 0 aromatic carbocycles. The number of anilines is 1. The molecule has 17 heavy (non-hydrogen) atoms. The molecule has 2 atom stereocenters. The number of aliphatic hydroxyl groups excluding tert-OH is 1. The molecule has 7 heteroatoms. The molecule has 2 aromatic heterocycles. The maximum atomic E-state index is 13.4. The maximum absolute atomic E-state index is 13.4. The number of imidazole rings is 1. The van der Waals surface area contributed by atoms with Gasteiger partial charge in [-0.25, -0.2) is 19.3 Å². The molecule has 0 aliphatic carbocycles. The van der Waals surface area contributed by atoms with Crippen molar-refractivity contribution >= 4 is 17.0 Å². The van der Waals surface area contributed by atoms with Gasteiger partial charge in [-0.1, -0.05) is 0 Å². The van der Waals surface area contributed by atoms with Crippen molar-refractivity contribution in [1.29, 1.82) is 0 Å². The van der Waals surface area contributed by atoms with E-state index < -0.39 is 6.17 Å². The van der Waals surface area contributed by atoms with Crippen LogP contribution in [0.1, 0.15) is 6.42 Å². The number of rotatable bonds is 2. The van der Waals surface area contributed by atoms with Crippen LogP contribution < -0.4 is 4.90 Å². The molecular weight excluding hydrogens is 225 g/mol. The first kappa shape index (κ1) is 10.4. The Labute approximate surface area is 96.5 Å². The summed E-state index contributed by atoms with van der Waals surface area (Å²) in [6, 6.07) is -0.230. The first-order valence-electron chi connectivity index (χ1n) is 5.45. The zero-order chi connectivity index (χ0) is 11.8. The van der Waals surface area contributed by atoms with Crippen LogP contribution in [0.4, 0.5) is 10.2 Å². The molecule has 0 radical (unpaired) electrons. The summed E-state index contributed by atoms with van der Waals surface area (Å²) in [5.41, 5.74) is 1.23. The van der Waals surface area contributed by atoms with Crippen LogP contribution in [0.2, 0.25) is 0 Å². The summed E-state index contributed by atoms with van der Waals surface area (Å²) in [6.07, 6.45) is 2.33. The van der Waals surface area contributed by atoms with Crippen LogP contribution in [0.15, 0.2) is 12.7 Å². The fourth-order valence-electron chi connectivity index (χ4n) is 2.26. The molecule has 90 valence electrons. The van der Waals surface area contributed by atoms with Crippen LogP contribution in [0.25, 0.3) is 11.2 Å². The molecule has 3 heterocycles. The van der Waals surface area contributed by atoms with Gasteiger partial charge in [0, 0.05) is 6.42 Å². The Hall–Kier alpha value is -1.76. The molecule has 1 fully saturated rings. The summed E-state index contributed by atoms with van der Waals surface area (Å²) in [4.78, 5) is 16.9. The first-order chi connectivity index (χ1) is 8.29. The van der Waals surface area contributed by atoms with E-state index in [1.807, 2.05) is 0 Å². The maximum Gasteiger partial charge on any atom is 0.182 e. The third kappa shape index (κ3) is 1.62. The highest BCUT2D eigenvalue weighted by Gasteiger charge is 2.33. The molecule has 1 saturated heterocycles. The first-order valence-corrected chi connectivity index (χ1v) is 5.45. The molecule has 0 unspecified atom stereocenters. The molecule has 0 spiro atoms. The van der Waals surface area contributed by atoms with Crippen molar-refractivity contribution in [3.05, 3.63) is 12.7 Å². The summed E-state index contributed by atoms with van der Waals surface area (Å²) < 4.78 is 13.4. The smallest absolute Gasteiger partial charge is 0.182 e. The molecule has 6 nitrogen and oxygen atoms in total. The lowest BCUT2D eigenvalue weighted by molar-refractivity contribution is 0.255. The number of H-pyrrole nitrogens is 1. The standard InChI is InChI=1S/C10H12FN5O/c11-6-1-7(3-17)16(2-6)10-8-9(13-4-12-8)14-5-15-10/h4-7,17H,1-3H2,(H,12,13,14,15)/t6-,7-/m0/s1. The van der Waals surface area contributed by atoms with Crippen molar-refractivity contribution < 1.29 is 9.50 Å². The molecule has 2 N–H and O–H groups in total. The van der Waals surface area contributed by atoms with Crippen molar-refractivity contribution in [2.24, 2.45) is 0 Å². The van der Waals surface area contributed by atoms with E-state index in [0.29, 0.717) is 23.4 Å². The summed E-state index contributed by atoms with van der Waals surface area (Å²) in [6.45, 7) is 0.163. The van der Waals surface area contributed by atoms with E-state index in [9.17, 15) is 9.50 Å². The Kier molecular flexibility index (Phi) is 2.40. The molecule has 3 rings (SSSR count). The molecule has 0 bridgehead atoms. The summed E-state index contributed by atoms with van der Waals surface area (Å²) in [5.74, 6) is 0.603. The number of aromatic nitrogens is 4. The van der Waals surface area contributed by atoms with E-state index in [4.69, 9.17) is 0 Å². The third-order valence-electron chi connectivity index (χ3n) is 3.05. The van der Waals surface area contributed by atoms with E-state index in [2.05, 4.69) is 19.9 Å². The van der Waals surface area contributed by atoms with Gasteiger partial charge in [-0.15, -0.1) is 0 Å². The van der Waals surface area contributed by atoms with Crippen LogP contribution in [0, 0.1) is 0 Å². The molecule has 0 saturated carbocycles. The van der Waals surface area contributed by atoms with Crippen molar-refractivity contribution in [3.63, 3.8) is 0 Å². The van der Waals surface area contributed by atoms with Gasteiger partial charge in [-0.3, -0.25) is 0 Å². The predicted molar refractivity (Wildman–Crippen MR) is 59.4 cm³/mol. The molecule has 2 aromatic rings. The van der Waals surface area contributed by atoms with E-state index in [1.54, 1.807) is 4.90 Å². The minimum absolute atomic E-state index is 0.0833. The van der Waals surface area contributed by atoms with Crippen LogP contribution in [-0.2, 0) is 0 Å². The van der Waals surface area contributed by atoms with Crippen LogP contribution in [0.5, 0.6) is 0 Å². The number of fused-ring (bicyclic) bond motifs is 1. The van der Waals surface area contributed by atoms with Gasteiger partial charge in [0.15, 0.2) is 11.5 Å². The summed E-state index contributed by atoms with van der Waals surface area (Å²) >= 11 is 0. The molecule has 1 aliphatic heterocycles. The number of nitrogens with one attached hydrogen (secondary N) is 1. The number of aliphatic hydroxyl groups is 1. The van der Waals surface area contributed by atoms with E-state index in [-0.39, 0.29) is 19.2 Å². The van der Waals surface area contributed by atoms with E-state index in [1.165, 1.54) is 12.7 Å². The lowest BCUT2D eigenvalue weighted by Gasteiger charge is -2.23. The topological polar surface area (TPSA) is 77.9 Å². The number of hydrogen-bond acceptors (Lipinski definition) is 5. The van der Waals surface area contributed by atoms with Gasteiger partial charge in [0.1, 0.15) is 18.0 Å². The van der Waals surface area contributed by atoms with Gasteiger partial charge in [0.25, 0.3) is 0 Å². The Morgan fingerprint density at radius 2 is 2.35 bits per heavy atom. The van der Waals surface area contributed by atoms with Gasteiger partial charge >= 0.3 is 0 Å². The Bertz CT molecular complexity index is 530. The number of nitrogens with zero attached hydrogens (tertiary/aromatic N) is 4. The lowest BCUT2D eigenvalue weighted by atomic mass is 10.2. The number of alkyl halides is 1. The fraction of sp³-hybridized carbons (Fsp3) is 0.500.